The second-order valence-corrected chi connectivity index (χ2v) is 9.09. The summed E-state index contributed by atoms with van der Waals surface area (Å²) in [6, 6.07) is 12.9. The van der Waals surface area contributed by atoms with Crippen LogP contribution in [0, 0.1) is 20.8 Å². The summed E-state index contributed by atoms with van der Waals surface area (Å²) >= 11 is 1.54. The Morgan fingerprint density at radius 1 is 1.09 bits per heavy atom. The molecule has 0 radical (unpaired) electrons. The fourth-order valence-corrected chi connectivity index (χ4v) is 4.93. The molecule has 0 bridgehead atoms. The number of hydrogen-bond acceptors (Lipinski definition) is 7. The summed E-state index contributed by atoms with van der Waals surface area (Å²) in [5.41, 5.74) is 4.13. The second-order valence-electron chi connectivity index (χ2n) is 7.87. The Morgan fingerprint density at radius 3 is 2.73 bits per heavy atom. The minimum absolute atomic E-state index is 0.206. The van der Waals surface area contributed by atoms with Crippen molar-refractivity contribution >= 4 is 28.1 Å². The van der Waals surface area contributed by atoms with Crippen molar-refractivity contribution in [2.24, 2.45) is 0 Å². The number of nitrogens with one attached hydrogen (secondary N) is 2. The summed E-state index contributed by atoms with van der Waals surface area (Å²) in [4.78, 5) is 18.4. The van der Waals surface area contributed by atoms with Gasteiger partial charge in [-0.15, -0.1) is 11.3 Å². The second kappa shape index (κ2) is 8.63. The molecule has 1 aliphatic heterocycles. The minimum Gasteiger partial charge on any atom is -0.459 e. The molecule has 7 nitrogen and oxygen atoms in total. The molecular weight excluding hydrogens is 438 g/mol. The van der Waals surface area contributed by atoms with Gasteiger partial charge in [-0.3, -0.25) is 4.79 Å². The van der Waals surface area contributed by atoms with Crippen LogP contribution in [0.2, 0.25) is 0 Å². The number of pyridine rings is 1. The Hall–Kier alpha value is -3.78. The highest BCUT2D eigenvalue weighted by Gasteiger charge is 2.27. The lowest BCUT2D eigenvalue weighted by Gasteiger charge is -2.23. The maximum atomic E-state index is 12.8. The van der Waals surface area contributed by atoms with Crippen molar-refractivity contribution in [3.8, 4) is 11.5 Å². The Balaban J connectivity index is 1.59. The van der Waals surface area contributed by atoms with E-state index in [9.17, 15) is 4.79 Å². The number of aromatic nitrogens is 1. The van der Waals surface area contributed by atoms with Gasteiger partial charge in [0.15, 0.2) is 17.3 Å². The molecule has 5 rings (SSSR count). The number of carbonyl (C=O) groups excluding carboxylic acids is 1. The van der Waals surface area contributed by atoms with Gasteiger partial charge < -0.3 is 24.5 Å². The van der Waals surface area contributed by atoms with E-state index in [0.717, 1.165) is 43.7 Å². The van der Waals surface area contributed by atoms with Crippen LogP contribution in [0.25, 0.3) is 0 Å². The number of aryl methyl sites for hydroxylation is 2. The normalized spacial score (nSPS) is 13.1. The quantitative estimate of drug-likeness (QED) is 0.375. The molecule has 4 heterocycles. The van der Waals surface area contributed by atoms with Gasteiger partial charge in [-0.05, 0) is 73.9 Å². The molecule has 3 aromatic heterocycles. The first-order chi connectivity index (χ1) is 16.0. The van der Waals surface area contributed by atoms with Gasteiger partial charge in [0.2, 0.25) is 6.79 Å². The third kappa shape index (κ3) is 4.17. The van der Waals surface area contributed by atoms with E-state index < -0.39 is 0 Å². The average molecular weight is 462 g/mol. The molecular formula is C25H23N3O4S. The number of amides is 1. The van der Waals surface area contributed by atoms with Crippen LogP contribution in [-0.2, 0) is 0 Å². The summed E-state index contributed by atoms with van der Waals surface area (Å²) in [5.74, 6) is 2.13. The minimum atomic E-state index is -0.291. The Bertz CT molecular complexity index is 1310. The lowest BCUT2D eigenvalue weighted by atomic mass is 9.96. The van der Waals surface area contributed by atoms with Crippen LogP contribution in [-0.4, -0.2) is 17.7 Å². The van der Waals surface area contributed by atoms with E-state index in [0.29, 0.717) is 5.75 Å². The highest BCUT2D eigenvalue weighted by molar-refractivity contribution is 7.16. The maximum absolute atomic E-state index is 12.8. The molecule has 0 fully saturated rings. The molecule has 2 N–H and O–H groups in total. The molecule has 0 saturated carbocycles. The number of carbonyl (C=O) groups is 1. The summed E-state index contributed by atoms with van der Waals surface area (Å²) in [7, 11) is 0. The summed E-state index contributed by atoms with van der Waals surface area (Å²) in [6.45, 7) is 6.34. The Labute approximate surface area is 195 Å². The highest BCUT2D eigenvalue weighted by atomic mass is 32.1. The van der Waals surface area contributed by atoms with E-state index >= 15 is 0 Å². The van der Waals surface area contributed by atoms with E-state index in [2.05, 4.69) is 22.5 Å². The fourth-order valence-electron chi connectivity index (χ4n) is 3.84. The van der Waals surface area contributed by atoms with E-state index in [1.165, 1.54) is 17.6 Å². The van der Waals surface area contributed by atoms with Crippen LogP contribution in [0.5, 0.6) is 11.5 Å². The summed E-state index contributed by atoms with van der Waals surface area (Å²) in [6.07, 6.45) is 3.26. The Kier molecular flexibility index (Phi) is 5.51. The first kappa shape index (κ1) is 21.1. The van der Waals surface area contributed by atoms with Crippen molar-refractivity contribution in [1.29, 1.82) is 0 Å². The van der Waals surface area contributed by atoms with Crippen molar-refractivity contribution < 1.29 is 18.7 Å². The molecule has 0 saturated heterocycles. The average Bonchev–Trinajstić information content (AvgIpc) is 3.54. The third-order valence-corrected chi connectivity index (χ3v) is 6.77. The topological polar surface area (TPSA) is 85.6 Å². The SMILES string of the molecule is Cc1ccnc(N[C@@H](c2ccc3c(c2)OCO3)c2c(NC(=O)c3ccco3)sc(C)c2C)c1. The molecule has 168 valence electrons. The number of benzene rings is 1. The zero-order chi connectivity index (χ0) is 22.9. The largest absolute Gasteiger partial charge is 0.459 e. The summed E-state index contributed by atoms with van der Waals surface area (Å²) < 4.78 is 16.4. The molecule has 8 heteroatoms. The molecule has 33 heavy (non-hydrogen) atoms. The van der Waals surface area contributed by atoms with E-state index in [-0.39, 0.29) is 24.5 Å². The van der Waals surface area contributed by atoms with Crippen LogP contribution < -0.4 is 20.1 Å². The van der Waals surface area contributed by atoms with Gasteiger partial charge in [0.05, 0.1) is 12.3 Å². The number of thiophene rings is 1. The van der Waals surface area contributed by atoms with Crippen molar-refractivity contribution in [3.63, 3.8) is 0 Å². The molecule has 0 unspecified atom stereocenters. The first-order valence-electron chi connectivity index (χ1n) is 10.5. The van der Waals surface area contributed by atoms with Crippen molar-refractivity contribution in [1.82, 2.24) is 4.98 Å². The maximum Gasteiger partial charge on any atom is 0.291 e. The molecule has 0 aliphatic carbocycles. The number of ether oxygens (including phenoxy) is 2. The van der Waals surface area contributed by atoms with Crippen molar-refractivity contribution in [3.05, 3.63) is 87.8 Å². The van der Waals surface area contributed by atoms with Gasteiger partial charge in [-0.2, -0.15) is 0 Å². The van der Waals surface area contributed by atoms with Gasteiger partial charge in [-0.1, -0.05) is 6.07 Å². The van der Waals surface area contributed by atoms with Crippen molar-refractivity contribution in [2.45, 2.75) is 26.8 Å². The number of rotatable bonds is 6. The van der Waals surface area contributed by atoms with Gasteiger partial charge in [0.1, 0.15) is 10.8 Å². The van der Waals surface area contributed by atoms with E-state index in [1.807, 2.05) is 44.2 Å². The molecule has 1 amide bonds. The van der Waals surface area contributed by atoms with Crippen LogP contribution in [0.4, 0.5) is 10.8 Å². The predicted octanol–water partition coefficient (Wildman–Crippen LogP) is 5.84. The van der Waals surface area contributed by atoms with Gasteiger partial charge in [0.25, 0.3) is 5.91 Å². The Morgan fingerprint density at radius 2 is 1.94 bits per heavy atom. The zero-order valence-electron chi connectivity index (χ0n) is 18.5. The fraction of sp³-hybridized carbons (Fsp3) is 0.200. The number of anilines is 2. The molecule has 0 spiro atoms. The zero-order valence-corrected chi connectivity index (χ0v) is 19.3. The van der Waals surface area contributed by atoms with Crippen LogP contribution in [0.1, 0.15) is 43.7 Å². The molecule has 4 aromatic rings. The molecule has 1 aliphatic rings. The van der Waals surface area contributed by atoms with Gasteiger partial charge >= 0.3 is 0 Å². The number of hydrogen-bond donors (Lipinski definition) is 2. The van der Waals surface area contributed by atoms with Crippen LogP contribution in [0.15, 0.2) is 59.3 Å². The van der Waals surface area contributed by atoms with Gasteiger partial charge in [0, 0.05) is 16.6 Å². The number of furan rings is 1. The van der Waals surface area contributed by atoms with E-state index in [1.54, 1.807) is 18.3 Å². The lowest BCUT2D eigenvalue weighted by Crippen LogP contribution is -2.17. The standard InChI is InChI=1S/C25H23N3O4S/c1-14-8-9-26-21(11-14)27-23(17-6-7-18-20(12-17)32-13-31-18)22-15(2)16(3)33-25(22)28-24(29)19-5-4-10-30-19/h4-12,23H,13H2,1-3H3,(H,26,27)(H,28,29)/t23-/m0/s1. The molecule has 1 aromatic carbocycles. The van der Waals surface area contributed by atoms with Gasteiger partial charge in [-0.25, -0.2) is 4.98 Å². The van der Waals surface area contributed by atoms with Crippen LogP contribution >= 0.6 is 11.3 Å². The summed E-state index contributed by atoms with van der Waals surface area (Å²) in [5, 5.41) is 7.37. The highest BCUT2D eigenvalue weighted by Crippen LogP contribution is 2.43. The van der Waals surface area contributed by atoms with Crippen LogP contribution in [0.3, 0.4) is 0 Å². The predicted molar refractivity (Wildman–Crippen MR) is 127 cm³/mol. The molecule has 1 atom stereocenters. The third-order valence-electron chi connectivity index (χ3n) is 5.63. The number of nitrogens with zero attached hydrogens (tertiary/aromatic N) is 1. The van der Waals surface area contributed by atoms with E-state index in [4.69, 9.17) is 13.9 Å². The lowest BCUT2D eigenvalue weighted by molar-refractivity contribution is 0.0997. The monoisotopic (exact) mass is 461 g/mol. The van der Waals surface area contributed by atoms with Crippen molar-refractivity contribution in [2.75, 3.05) is 17.4 Å². The number of fused-ring (bicyclic) bond motifs is 1. The first-order valence-corrected chi connectivity index (χ1v) is 11.3. The smallest absolute Gasteiger partial charge is 0.291 e.